The fourth-order valence-corrected chi connectivity index (χ4v) is 2.10. The lowest BCUT2D eigenvalue weighted by Crippen LogP contribution is -1.90. The fraction of sp³-hybridized carbons (Fsp3) is 0.105. The van der Waals surface area contributed by atoms with Gasteiger partial charge in [-0.3, -0.25) is 4.79 Å². The Kier molecular flexibility index (Phi) is 5.10. The number of aromatic amines is 1. The molecule has 0 aliphatic heterocycles. The molecule has 3 rings (SSSR count). The topological polar surface area (TPSA) is 32.9 Å². The number of Topliss-reactive ketones (excluding diaryl/α,β-unsaturated/α-hetero) is 1. The number of carbonyl (C=O) groups is 1. The van der Waals surface area contributed by atoms with E-state index in [0.717, 1.165) is 11.3 Å². The number of ketones is 1. The maximum absolute atomic E-state index is 10.7. The van der Waals surface area contributed by atoms with Crippen LogP contribution >= 0.6 is 0 Å². The predicted molar refractivity (Wildman–Crippen MR) is 87.4 cm³/mol. The minimum Gasteiger partial charge on any atom is -0.365 e. The van der Waals surface area contributed by atoms with E-state index in [4.69, 9.17) is 0 Å². The lowest BCUT2D eigenvalue weighted by atomic mass is 10.1. The van der Waals surface area contributed by atoms with Gasteiger partial charge in [0.25, 0.3) is 0 Å². The number of hydrogen-bond donors (Lipinski definition) is 1. The van der Waals surface area contributed by atoms with Crippen LogP contribution < -0.4 is 0 Å². The number of benzene rings is 2. The Bertz CT molecular complexity index is 646. The van der Waals surface area contributed by atoms with Crippen molar-refractivity contribution in [3.63, 3.8) is 0 Å². The first-order chi connectivity index (χ1) is 10.2. The molecule has 3 aromatic rings. The summed E-state index contributed by atoms with van der Waals surface area (Å²) in [6.45, 7) is 3.45. The van der Waals surface area contributed by atoms with Gasteiger partial charge in [-0.25, -0.2) is 0 Å². The third kappa shape index (κ3) is 4.18. The number of hydrogen-bond acceptors (Lipinski definition) is 1. The van der Waals surface area contributed by atoms with Crippen molar-refractivity contribution in [2.45, 2.75) is 13.8 Å². The fourth-order valence-electron chi connectivity index (χ4n) is 2.10. The highest BCUT2D eigenvalue weighted by atomic mass is 16.1. The van der Waals surface area contributed by atoms with Gasteiger partial charge in [0.15, 0.2) is 5.78 Å². The maximum atomic E-state index is 10.7. The van der Waals surface area contributed by atoms with Crippen molar-refractivity contribution in [3.8, 4) is 11.1 Å². The van der Waals surface area contributed by atoms with E-state index in [1.807, 2.05) is 19.1 Å². The van der Waals surface area contributed by atoms with Gasteiger partial charge in [-0.1, -0.05) is 60.7 Å². The molecule has 0 spiro atoms. The van der Waals surface area contributed by atoms with E-state index in [1.165, 1.54) is 11.1 Å². The van der Waals surface area contributed by atoms with Crippen LogP contribution in [0.3, 0.4) is 0 Å². The number of carbonyl (C=O) groups excluding carboxylic acids is 1. The van der Waals surface area contributed by atoms with Crippen LogP contribution in [0, 0.1) is 6.92 Å². The molecule has 0 radical (unpaired) electrons. The minimum absolute atomic E-state index is 0.119. The van der Waals surface area contributed by atoms with Gasteiger partial charge in [-0.2, -0.15) is 0 Å². The molecule has 0 fully saturated rings. The normalized spacial score (nSPS) is 9.62. The largest absolute Gasteiger partial charge is 0.365 e. The Balaban J connectivity index is 0.000000161. The number of aryl methyl sites for hydroxylation is 1. The molecule has 2 heteroatoms. The van der Waals surface area contributed by atoms with Crippen molar-refractivity contribution in [1.29, 1.82) is 0 Å². The van der Waals surface area contributed by atoms with Crippen molar-refractivity contribution in [3.05, 3.63) is 84.2 Å². The highest BCUT2D eigenvalue weighted by Crippen LogP contribution is 2.17. The molecule has 21 heavy (non-hydrogen) atoms. The second kappa shape index (κ2) is 7.25. The summed E-state index contributed by atoms with van der Waals surface area (Å²) < 4.78 is 0. The highest BCUT2D eigenvalue weighted by molar-refractivity contribution is 5.95. The predicted octanol–water partition coefficient (Wildman–Crippen LogP) is 4.88. The van der Waals surface area contributed by atoms with Crippen LogP contribution in [0.15, 0.2) is 72.9 Å². The molecule has 0 aliphatic rings. The van der Waals surface area contributed by atoms with Gasteiger partial charge >= 0.3 is 0 Å². The van der Waals surface area contributed by atoms with Gasteiger partial charge in [0.05, 0.1) is 0 Å². The SMILES string of the molecule is CC(=O)c1cc[nH]c1C.c1ccc(-c2ccccc2)cc1. The van der Waals surface area contributed by atoms with Crippen LogP contribution in [-0.2, 0) is 0 Å². The van der Waals surface area contributed by atoms with Crippen molar-refractivity contribution in [1.82, 2.24) is 4.98 Å². The Labute approximate surface area is 125 Å². The third-order valence-electron chi connectivity index (χ3n) is 3.21. The molecule has 0 unspecified atom stereocenters. The molecule has 1 N–H and O–H groups in total. The van der Waals surface area contributed by atoms with E-state index >= 15 is 0 Å². The molecule has 0 amide bonds. The van der Waals surface area contributed by atoms with Crippen molar-refractivity contribution in [2.24, 2.45) is 0 Å². The molecule has 0 aliphatic carbocycles. The summed E-state index contributed by atoms with van der Waals surface area (Å²) >= 11 is 0. The number of aromatic nitrogens is 1. The van der Waals surface area contributed by atoms with Crippen LogP contribution in [0.25, 0.3) is 11.1 Å². The summed E-state index contributed by atoms with van der Waals surface area (Å²) in [5.41, 5.74) is 4.29. The van der Waals surface area contributed by atoms with E-state index in [0.29, 0.717) is 0 Å². The van der Waals surface area contributed by atoms with Gasteiger partial charge in [0.2, 0.25) is 0 Å². The third-order valence-corrected chi connectivity index (χ3v) is 3.21. The Morgan fingerprint density at radius 1 is 0.810 bits per heavy atom. The Morgan fingerprint density at radius 3 is 1.57 bits per heavy atom. The van der Waals surface area contributed by atoms with Crippen LogP contribution in [0.1, 0.15) is 23.0 Å². The number of rotatable bonds is 2. The van der Waals surface area contributed by atoms with Gasteiger partial charge < -0.3 is 4.98 Å². The molecule has 0 saturated heterocycles. The van der Waals surface area contributed by atoms with Crippen molar-refractivity contribution < 1.29 is 4.79 Å². The van der Waals surface area contributed by atoms with Crippen molar-refractivity contribution in [2.75, 3.05) is 0 Å². The molecule has 2 aromatic carbocycles. The molecule has 1 aromatic heterocycles. The first kappa shape index (κ1) is 14.8. The molecule has 1 heterocycles. The summed E-state index contributed by atoms with van der Waals surface area (Å²) in [6.07, 6.45) is 1.77. The van der Waals surface area contributed by atoms with Gasteiger partial charge in [-0.15, -0.1) is 0 Å². The highest BCUT2D eigenvalue weighted by Gasteiger charge is 2.01. The second-order valence-electron chi connectivity index (χ2n) is 4.80. The molecule has 2 nitrogen and oxygen atoms in total. The molecule has 0 atom stereocenters. The Hall–Kier alpha value is -2.61. The lowest BCUT2D eigenvalue weighted by molar-refractivity contribution is 0.101. The van der Waals surface area contributed by atoms with E-state index in [1.54, 1.807) is 19.2 Å². The van der Waals surface area contributed by atoms with Crippen molar-refractivity contribution >= 4 is 5.78 Å². The molecular weight excluding hydrogens is 258 g/mol. The summed E-state index contributed by atoms with van der Waals surface area (Å²) in [6, 6.07) is 22.6. The zero-order valence-corrected chi connectivity index (χ0v) is 12.3. The first-order valence-corrected chi connectivity index (χ1v) is 6.94. The van der Waals surface area contributed by atoms with Crippen LogP contribution in [-0.4, -0.2) is 10.8 Å². The molecular formula is C19H19NO. The quantitative estimate of drug-likeness (QED) is 0.665. The van der Waals surface area contributed by atoms with E-state index in [9.17, 15) is 4.79 Å². The van der Waals surface area contributed by atoms with Gasteiger partial charge in [0.1, 0.15) is 0 Å². The molecule has 106 valence electrons. The van der Waals surface area contributed by atoms with Gasteiger partial charge in [-0.05, 0) is 31.0 Å². The van der Waals surface area contributed by atoms with Crippen LogP contribution in [0.2, 0.25) is 0 Å². The Morgan fingerprint density at radius 2 is 1.29 bits per heavy atom. The zero-order chi connectivity index (χ0) is 15.1. The summed E-state index contributed by atoms with van der Waals surface area (Å²) in [4.78, 5) is 13.6. The monoisotopic (exact) mass is 277 g/mol. The first-order valence-electron chi connectivity index (χ1n) is 6.94. The summed E-state index contributed by atoms with van der Waals surface area (Å²) in [5, 5.41) is 0. The zero-order valence-electron chi connectivity index (χ0n) is 12.3. The van der Waals surface area contributed by atoms with Crippen LogP contribution in [0.5, 0.6) is 0 Å². The van der Waals surface area contributed by atoms with Gasteiger partial charge in [0, 0.05) is 17.5 Å². The van der Waals surface area contributed by atoms with E-state index in [-0.39, 0.29) is 5.78 Å². The number of nitrogens with one attached hydrogen (secondary N) is 1. The lowest BCUT2D eigenvalue weighted by Gasteiger charge is -1.98. The van der Waals surface area contributed by atoms with E-state index < -0.39 is 0 Å². The smallest absolute Gasteiger partial charge is 0.161 e. The minimum atomic E-state index is 0.119. The standard InChI is InChI=1S/C12H10.C7H9NO/c1-3-7-11(8-4-1)12-9-5-2-6-10-12;1-5-7(6(2)9)3-4-8-5/h1-10H;3-4,8H,1-2H3. The summed E-state index contributed by atoms with van der Waals surface area (Å²) in [7, 11) is 0. The number of H-pyrrole nitrogens is 1. The molecule has 0 saturated carbocycles. The molecule has 0 bridgehead atoms. The second-order valence-corrected chi connectivity index (χ2v) is 4.80. The van der Waals surface area contributed by atoms with E-state index in [2.05, 4.69) is 53.5 Å². The average molecular weight is 277 g/mol. The average Bonchev–Trinajstić information content (AvgIpc) is 2.96. The van der Waals surface area contributed by atoms with Crippen LogP contribution in [0.4, 0.5) is 0 Å². The summed E-state index contributed by atoms with van der Waals surface area (Å²) in [5.74, 6) is 0.119. The maximum Gasteiger partial charge on any atom is 0.161 e.